The smallest absolute Gasteiger partial charge is 0.303 e. The molecule has 0 saturated carbocycles. The van der Waals surface area contributed by atoms with Crippen molar-refractivity contribution in [2.75, 3.05) is 13.1 Å². The number of fused-ring (bicyclic) bond motifs is 1. The number of benzene rings is 2. The van der Waals surface area contributed by atoms with Crippen LogP contribution < -0.4 is 10.5 Å². The highest BCUT2D eigenvalue weighted by molar-refractivity contribution is 6.01. The maximum atomic E-state index is 13.0. The van der Waals surface area contributed by atoms with Gasteiger partial charge in [-0.3, -0.25) is 19.3 Å². The van der Waals surface area contributed by atoms with E-state index in [9.17, 15) is 14.4 Å². The molecule has 36 heavy (non-hydrogen) atoms. The van der Waals surface area contributed by atoms with E-state index in [1.54, 1.807) is 18.2 Å². The second-order valence-corrected chi connectivity index (χ2v) is 10.6. The van der Waals surface area contributed by atoms with Gasteiger partial charge < -0.3 is 20.5 Å². The van der Waals surface area contributed by atoms with Crippen molar-refractivity contribution in [1.82, 2.24) is 9.80 Å². The van der Waals surface area contributed by atoms with E-state index in [0.717, 1.165) is 25.2 Å². The first kappa shape index (κ1) is 25.7. The van der Waals surface area contributed by atoms with Crippen molar-refractivity contribution in [3.63, 3.8) is 0 Å². The average Bonchev–Trinajstić information content (AvgIpc) is 3.16. The summed E-state index contributed by atoms with van der Waals surface area (Å²) < 4.78 is 6.08. The van der Waals surface area contributed by atoms with Gasteiger partial charge in [-0.25, -0.2) is 0 Å². The molecule has 1 unspecified atom stereocenters. The zero-order valence-corrected chi connectivity index (χ0v) is 21.0. The highest BCUT2D eigenvalue weighted by atomic mass is 16.5. The predicted molar refractivity (Wildman–Crippen MR) is 135 cm³/mol. The van der Waals surface area contributed by atoms with Crippen LogP contribution in [0, 0.1) is 5.41 Å². The largest absolute Gasteiger partial charge is 0.489 e. The summed E-state index contributed by atoms with van der Waals surface area (Å²) in [6.07, 6.45) is 2.17. The second-order valence-electron chi connectivity index (χ2n) is 10.6. The molecule has 0 aliphatic carbocycles. The van der Waals surface area contributed by atoms with Crippen molar-refractivity contribution in [2.24, 2.45) is 11.1 Å². The van der Waals surface area contributed by atoms with Gasteiger partial charge in [0.05, 0.1) is 6.54 Å². The molecule has 2 aromatic rings. The quantitative estimate of drug-likeness (QED) is 0.523. The molecular weight excluding hydrogens is 458 g/mol. The Balaban J connectivity index is 1.37. The molecule has 0 aromatic heterocycles. The van der Waals surface area contributed by atoms with Crippen LogP contribution in [0.25, 0.3) is 0 Å². The third-order valence-electron chi connectivity index (χ3n) is 7.32. The molecule has 2 amide bonds. The molecular formula is C28H35N3O5. The van der Waals surface area contributed by atoms with Crippen molar-refractivity contribution in [3.05, 3.63) is 64.7 Å². The van der Waals surface area contributed by atoms with E-state index in [0.29, 0.717) is 28.9 Å². The van der Waals surface area contributed by atoms with Crippen molar-refractivity contribution < 1.29 is 24.2 Å². The lowest BCUT2D eigenvalue weighted by Gasteiger charge is -2.36. The van der Waals surface area contributed by atoms with Crippen LogP contribution in [0.4, 0.5) is 0 Å². The first-order valence-electron chi connectivity index (χ1n) is 12.5. The zero-order valence-electron chi connectivity index (χ0n) is 21.0. The van der Waals surface area contributed by atoms with Crippen LogP contribution in [-0.2, 0) is 29.3 Å². The molecule has 2 aliphatic rings. The maximum absolute atomic E-state index is 13.0. The monoisotopic (exact) mass is 493 g/mol. The number of nitrogens with zero attached hydrogens (tertiary/aromatic N) is 2. The fraction of sp³-hybridized carbons (Fsp3) is 0.464. The molecule has 8 heteroatoms. The molecule has 8 nitrogen and oxygen atoms in total. The number of carbonyl (C=O) groups excluding carboxylic acids is 2. The number of aliphatic carboxylic acids is 1. The minimum absolute atomic E-state index is 0.0257. The first-order valence-corrected chi connectivity index (χ1v) is 12.5. The van der Waals surface area contributed by atoms with E-state index in [1.165, 1.54) is 23.3 Å². The molecule has 192 valence electrons. The van der Waals surface area contributed by atoms with Crippen LogP contribution >= 0.6 is 0 Å². The molecule has 1 atom stereocenters. The average molecular weight is 494 g/mol. The minimum Gasteiger partial charge on any atom is -0.489 e. The van der Waals surface area contributed by atoms with E-state index in [4.69, 9.17) is 15.6 Å². The first-order chi connectivity index (χ1) is 17.1. The topological polar surface area (TPSA) is 113 Å². The van der Waals surface area contributed by atoms with E-state index < -0.39 is 17.9 Å². The molecule has 0 spiro atoms. The Morgan fingerprint density at radius 1 is 1.08 bits per heavy atom. The number of amides is 2. The summed E-state index contributed by atoms with van der Waals surface area (Å²) in [5.74, 6) is -1.52. The van der Waals surface area contributed by atoms with Gasteiger partial charge in [0, 0.05) is 24.1 Å². The summed E-state index contributed by atoms with van der Waals surface area (Å²) >= 11 is 0. The van der Waals surface area contributed by atoms with Crippen molar-refractivity contribution in [2.45, 2.75) is 65.3 Å². The number of carbonyl (C=O) groups is 3. The Hall–Kier alpha value is -3.39. The van der Waals surface area contributed by atoms with Gasteiger partial charge in [0.2, 0.25) is 5.91 Å². The standard InChI is InChI=1S/C28H35N3O5/c1-28(2)12-14-30(15-13-28)16-19-6-8-20(9-7-19)18-36-24-5-3-4-21-22(24)17-31(27(21)35)23(26(29)34)10-11-25(32)33/h3-9,23H,10-18H2,1-2H3,(H2,29,34)(H,32,33). The van der Waals surface area contributed by atoms with E-state index in [2.05, 4.69) is 43.0 Å². The van der Waals surface area contributed by atoms with Gasteiger partial charge in [-0.1, -0.05) is 44.2 Å². The molecule has 1 fully saturated rings. The number of piperidine rings is 1. The third-order valence-corrected chi connectivity index (χ3v) is 7.32. The molecule has 0 radical (unpaired) electrons. The van der Waals surface area contributed by atoms with Gasteiger partial charge in [-0.05, 0) is 61.0 Å². The Morgan fingerprint density at radius 2 is 1.75 bits per heavy atom. The number of rotatable bonds is 10. The number of ether oxygens (including phenoxy) is 1. The summed E-state index contributed by atoms with van der Waals surface area (Å²) in [5, 5.41) is 8.99. The summed E-state index contributed by atoms with van der Waals surface area (Å²) in [5.41, 5.74) is 9.38. The predicted octanol–water partition coefficient (Wildman–Crippen LogP) is 3.56. The number of carboxylic acids is 1. The third kappa shape index (κ3) is 6.05. The fourth-order valence-corrected chi connectivity index (χ4v) is 4.90. The highest BCUT2D eigenvalue weighted by Gasteiger charge is 2.37. The molecule has 1 saturated heterocycles. The van der Waals surface area contributed by atoms with Crippen LogP contribution in [0.2, 0.25) is 0 Å². The summed E-state index contributed by atoms with van der Waals surface area (Å²) in [6.45, 7) is 8.38. The number of nitrogens with two attached hydrogens (primary N) is 1. The molecule has 3 N–H and O–H groups in total. The van der Waals surface area contributed by atoms with Crippen LogP contribution in [0.5, 0.6) is 5.75 Å². The lowest BCUT2D eigenvalue weighted by Crippen LogP contribution is -2.45. The Labute approximate surface area is 212 Å². The van der Waals surface area contributed by atoms with Gasteiger partial charge in [-0.2, -0.15) is 0 Å². The number of carboxylic acid groups (broad SMARTS) is 1. The summed E-state index contributed by atoms with van der Waals surface area (Å²) in [4.78, 5) is 39.8. The second kappa shape index (κ2) is 10.7. The minimum atomic E-state index is -1.04. The number of primary amides is 1. The zero-order chi connectivity index (χ0) is 25.9. The Morgan fingerprint density at radius 3 is 2.39 bits per heavy atom. The summed E-state index contributed by atoms with van der Waals surface area (Å²) in [6, 6.07) is 12.7. The van der Waals surface area contributed by atoms with Gasteiger partial charge in [0.1, 0.15) is 18.4 Å². The van der Waals surface area contributed by atoms with Crippen molar-refractivity contribution in [1.29, 1.82) is 0 Å². The number of hydrogen-bond donors (Lipinski definition) is 2. The van der Waals surface area contributed by atoms with E-state index in [-0.39, 0.29) is 25.3 Å². The van der Waals surface area contributed by atoms with Crippen molar-refractivity contribution >= 4 is 17.8 Å². The van der Waals surface area contributed by atoms with Crippen LogP contribution in [0.3, 0.4) is 0 Å². The summed E-state index contributed by atoms with van der Waals surface area (Å²) in [7, 11) is 0. The molecule has 2 aromatic carbocycles. The molecule has 0 bridgehead atoms. The molecule has 2 heterocycles. The number of likely N-dealkylation sites (tertiary alicyclic amines) is 1. The van der Waals surface area contributed by atoms with Crippen LogP contribution in [-0.4, -0.2) is 51.8 Å². The molecule has 4 rings (SSSR count). The SMILES string of the molecule is CC1(C)CCN(Cc2ccc(COc3cccc4c3CN(C(CCC(=O)O)C(N)=O)C4=O)cc2)CC1. The van der Waals surface area contributed by atoms with Gasteiger partial charge in [-0.15, -0.1) is 0 Å². The maximum Gasteiger partial charge on any atom is 0.303 e. The van der Waals surface area contributed by atoms with Gasteiger partial charge >= 0.3 is 5.97 Å². The van der Waals surface area contributed by atoms with Crippen molar-refractivity contribution in [3.8, 4) is 5.75 Å². The lowest BCUT2D eigenvalue weighted by molar-refractivity contribution is -0.137. The highest BCUT2D eigenvalue weighted by Crippen LogP contribution is 2.34. The van der Waals surface area contributed by atoms with Gasteiger partial charge in [0.25, 0.3) is 5.91 Å². The Kier molecular flexibility index (Phi) is 7.64. The van der Waals surface area contributed by atoms with E-state index >= 15 is 0 Å². The Bertz CT molecular complexity index is 1120. The van der Waals surface area contributed by atoms with Gasteiger partial charge in [0.15, 0.2) is 0 Å². The van der Waals surface area contributed by atoms with Crippen LogP contribution in [0.15, 0.2) is 42.5 Å². The normalized spacial score (nSPS) is 18.1. The van der Waals surface area contributed by atoms with Crippen LogP contribution in [0.1, 0.15) is 66.6 Å². The lowest BCUT2D eigenvalue weighted by atomic mass is 9.82. The molecule has 2 aliphatic heterocycles. The fourth-order valence-electron chi connectivity index (χ4n) is 4.90. The van der Waals surface area contributed by atoms with E-state index in [1.807, 2.05) is 0 Å². The number of hydrogen-bond acceptors (Lipinski definition) is 5.